The largest absolute Gasteiger partial charge is 0.325 e. The zero-order valence-electron chi connectivity index (χ0n) is 12.0. The molecule has 0 radical (unpaired) electrons. The Hall–Kier alpha value is -1.06. The van der Waals surface area contributed by atoms with Crippen LogP contribution < -0.4 is 10.6 Å². The van der Waals surface area contributed by atoms with Crippen molar-refractivity contribution in [3.8, 4) is 0 Å². The third kappa shape index (κ3) is 5.14. The fourth-order valence-corrected chi connectivity index (χ4v) is 2.79. The van der Waals surface area contributed by atoms with Crippen molar-refractivity contribution in [3.63, 3.8) is 0 Å². The quantitative estimate of drug-likeness (QED) is 0.869. The molecule has 110 valence electrons. The van der Waals surface area contributed by atoms with Gasteiger partial charge in [-0.3, -0.25) is 4.79 Å². The van der Waals surface area contributed by atoms with Crippen LogP contribution in [0.4, 0.5) is 5.69 Å². The molecule has 1 saturated carbocycles. The van der Waals surface area contributed by atoms with Gasteiger partial charge in [0, 0.05) is 10.7 Å². The molecule has 0 spiro atoms. The van der Waals surface area contributed by atoms with Crippen LogP contribution in [0.25, 0.3) is 0 Å². The Morgan fingerprint density at radius 2 is 1.85 bits per heavy atom. The molecule has 0 atom stereocenters. The van der Waals surface area contributed by atoms with E-state index in [1.807, 2.05) is 12.1 Å². The minimum atomic E-state index is -0.00324. The lowest BCUT2D eigenvalue weighted by Gasteiger charge is -2.26. The number of hydrogen-bond donors (Lipinski definition) is 2. The number of carbonyl (C=O) groups is 1. The monoisotopic (exact) mass is 294 g/mol. The average Bonchev–Trinajstić information content (AvgIpc) is 2.44. The lowest BCUT2D eigenvalue weighted by Crippen LogP contribution is -2.32. The number of benzene rings is 1. The minimum absolute atomic E-state index is 0.00324. The molecule has 1 fully saturated rings. The maximum atomic E-state index is 11.8. The number of rotatable bonds is 5. The van der Waals surface area contributed by atoms with Gasteiger partial charge in [-0.1, -0.05) is 31.4 Å². The van der Waals surface area contributed by atoms with E-state index in [1.165, 1.54) is 25.7 Å². The smallest absolute Gasteiger partial charge is 0.238 e. The lowest BCUT2D eigenvalue weighted by molar-refractivity contribution is -0.115. The van der Waals surface area contributed by atoms with E-state index >= 15 is 0 Å². The van der Waals surface area contributed by atoms with Crippen molar-refractivity contribution < 1.29 is 4.79 Å². The van der Waals surface area contributed by atoms with Crippen molar-refractivity contribution in [1.29, 1.82) is 0 Å². The van der Waals surface area contributed by atoms with Crippen molar-refractivity contribution in [2.75, 3.05) is 18.4 Å². The zero-order valence-corrected chi connectivity index (χ0v) is 12.7. The highest BCUT2D eigenvalue weighted by Gasteiger charge is 2.17. The van der Waals surface area contributed by atoms with E-state index in [1.54, 1.807) is 12.1 Å². The summed E-state index contributed by atoms with van der Waals surface area (Å²) in [4.78, 5) is 11.8. The second-order valence-electron chi connectivity index (χ2n) is 5.81. The Morgan fingerprint density at radius 1 is 1.20 bits per heavy atom. The molecule has 1 aliphatic carbocycles. The molecule has 2 N–H and O–H groups in total. The first-order valence-corrected chi connectivity index (χ1v) is 7.77. The molecule has 1 aliphatic rings. The van der Waals surface area contributed by atoms with E-state index in [4.69, 9.17) is 11.6 Å². The summed E-state index contributed by atoms with van der Waals surface area (Å²) in [6.07, 6.45) is 5.21. The summed E-state index contributed by atoms with van der Waals surface area (Å²) in [7, 11) is 0. The van der Waals surface area contributed by atoms with E-state index in [0.29, 0.717) is 11.6 Å². The standard InChI is InChI=1S/C16H23ClN2O/c1-12-2-4-13(5-3-12)10-18-11-16(20)19-15-8-6-14(17)7-9-15/h6-9,12-13,18H,2-5,10-11H2,1H3,(H,19,20). The van der Waals surface area contributed by atoms with Crippen LogP contribution in [0.15, 0.2) is 24.3 Å². The Labute approximate surface area is 126 Å². The SMILES string of the molecule is CC1CCC(CNCC(=O)Nc2ccc(Cl)cc2)CC1. The summed E-state index contributed by atoms with van der Waals surface area (Å²) in [5.74, 6) is 1.60. The molecular formula is C16H23ClN2O. The second kappa shape index (κ2) is 7.65. The summed E-state index contributed by atoms with van der Waals surface area (Å²) in [5.41, 5.74) is 0.785. The Bertz CT molecular complexity index is 425. The van der Waals surface area contributed by atoms with Crippen LogP contribution in [-0.2, 0) is 4.79 Å². The number of carbonyl (C=O) groups excluding carboxylic acids is 1. The van der Waals surface area contributed by atoms with Gasteiger partial charge in [-0.25, -0.2) is 0 Å². The molecule has 0 aromatic heterocycles. The summed E-state index contributed by atoms with van der Waals surface area (Å²) < 4.78 is 0. The maximum Gasteiger partial charge on any atom is 0.238 e. The topological polar surface area (TPSA) is 41.1 Å². The van der Waals surface area contributed by atoms with Crippen LogP contribution in [0, 0.1) is 11.8 Å². The summed E-state index contributed by atoms with van der Waals surface area (Å²) >= 11 is 5.80. The van der Waals surface area contributed by atoms with Crippen molar-refractivity contribution in [1.82, 2.24) is 5.32 Å². The highest BCUT2D eigenvalue weighted by molar-refractivity contribution is 6.30. The number of hydrogen-bond acceptors (Lipinski definition) is 2. The molecule has 4 heteroatoms. The first kappa shape index (κ1) is 15.3. The third-order valence-electron chi connectivity index (χ3n) is 3.98. The summed E-state index contributed by atoms with van der Waals surface area (Å²) in [6.45, 7) is 3.64. The van der Waals surface area contributed by atoms with Gasteiger partial charge in [-0.05, 0) is 55.5 Å². The molecule has 1 aromatic rings. The summed E-state index contributed by atoms with van der Waals surface area (Å²) in [5, 5.41) is 6.79. The van der Waals surface area contributed by atoms with Gasteiger partial charge in [-0.2, -0.15) is 0 Å². The third-order valence-corrected chi connectivity index (χ3v) is 4.23. The predicted molar refractivity (Wildman–Crippen MR) is 84.1 cm³/mol. The van der Waals surface area contributed by atoms with Crippen LogP contribution in [0.3, 0.4) is 0 Å². The van der Waals surface area contributed by atoms with Gasteiger partial charge in [0.25, 0.3) is 0 Å². The fourth-order valence-electron chi connectivity index (χ4n) is 2.66. The van der Waals surface area contributed by atoms with Crippen molar-refractivity contribution in [2.24, 2.45) is 11.8 Å². The molecular weight excluding hydrogens is 272 g/mol. The molecule has 20 heavy (non-hydrogen) atoms. The highest BCUT2D eigenvalue weighted by atomic mass is 35.5. The van der Waals surface area contributed by atoms with Gasteiger partial charge >= 0.3 is 0 Å². The maximum absolute atomic E-state index is 11.8. The van der Waals surface area contributed by atoms with Gasteiger partial charge in [-0.15, -0.1) is 0 Å². The van der Waals surface area contributed by atoms with E-state index < -0.39 is 0 Å². The molecule has 0 bridgehead atoms. The average molecular weight is 295 g/mol. The van der Waals surface area contributed by atoms with E-state index in [9.17, 15) is 4.79 Å². The number of halogens is 1. The number of anilines is 1. The lowest BCUT2D eigenvalue weighted by atomic mass is 9.83. The highest BCUT2D eigenvalue weighted by Crippen LogP contribution is 2.27. The fraction of sp³-hybridized carbons (Fsp3) is 0.562. The van der Waals surface area contributed by atoms with Crippen LogP contribution in [0.2, 0.25) is 5.02 Å². The van der Waals surface area contributed by atoms with E-state index in [-0.39, 0.29) is 5.91 Å². The first-order valence-electron chi connectivity index (χ1n) is 7.39. The number of nitrogens with one attached hydrogen (secondary N) is 2. The van der Waals surface area contributed by atoms with Crippen LogP contribution in [0.5, 0.6) is 0 Å². The zero-order chi connectivity index (χ0) is 14.4. The summed E-state index contributed by atoms with van der Waals surface area (Å²) in [6, 6.07) is 7.16. The van der Waals surface area contributed by atoms with Crippen molar-refractivity contribution in [2.45, 2.75) is 32.6 Å². The minimum Gasteiger partial charge on any atom is -0.325 e. The van der Waals surface area contributed by atoms with Gasteiger partial charge < -0.3 is 10.6 Å². The molecule has 1 amide bonds. The number of amides is 1. The predicted octanol–water partition coefficient (Wildman–Crippen LogP) is 3.69. The molecule has 1 aromatic carbocycles. The second-order valence-corrected chi connectivity index (χ2v) is 6.25. The van der Waals surface area contributed by atoms with Gasteiger partial charge in [0.05, 0.1) is 6.54 Å². The Kier molecular flexibility index (Phi) is 5.86. The van der Waals surface area contributed by atoms with Crippen LogP contribution in [-0.4, -0.2) is 19.0 Å². The Morgan fingerprint density at radius 3 is 2.50 bits per heavy atom. The van der Waals surface area contributed by atoms with Crippen LogP contribution >= 0.6 is 11.6 Å². The van der Waals surface area contributed by atoms with Crippen molar-refractivity contribution in [3.05, 3.63) is 29.3 Å². The molecule has 0 aliphatic heterocycles. The molecule has 0 unspecified atom stereocenters. The first-order chi connectivity index (χ1) is 9.63. The van der Waals surface area contributed by atoms with Gasteiger partial charge in [0.15, 0.2) is 0 Å². The molecule has 3 nitrogen and oxygen atoms in total. The van der Waals surface area contributed by atoms with E-state index in [2.05, 4.69) is 17.6 Å². The van der Waals surface area contributed by atoms with Crippen molar-refractivity contribution >= 4 is 23.2 Å². The molecule has 0 saturated heterocycles. The molecule has 2 rings (SSSR count). The Balaban J connectivity index is 1.64. The van der Waals surface area contributed by atoms with Crippen LogP contribution in [0.1, 0.15) is 32.6 Å². The van der Waals surface area contributed by atoms with E-state index in [0.717, 1.165) is 24.1 Å². The molecule has 0 heterocycles. The normalized spacial score (nSPS) is 22.5. The van der Waals surface area contributed by atoms with Gasteiger partial charge in [0.2, 0.25) is 5.91 Å². The van der Waals surface area contributed by atoms with Gasteiger partial charge in [0.1, 0.15) is 0 Å².